The van der Waals surface area contributed by atoms with Crippen LogP contribution in [0.2, 0.25) is 0 Å². The van der Waals surface area contributed by atoms with Crippen molar-refractivity contribution in [2.45, 2.75) is 210 Å². The molecule has 1 aliphatic carbocycles. The molecule has 0 aliphatic heterocycles. The fourth-order valence-corrected chi connectivity index (χ4v) is 2.35. The Hall–Kier alpha value is 6.30. The van der Waals surface area contributed by atoms with Gasteiger partial charge in [-0.1, -0.05) is 199 Å². The summed E-state index contributed by atoms with van der Waals surface area (Å²) in [5.41, 5.74) is 1.05. The van der Waals surface area contributed by atoms with Crippen LogP contribution in [0.25, 0.3) is 0 Å². The normalized spacial score (nSPS) is 8.53. The monoisotopic (exact) mass is 1740 g/mol. The van der Waals surface area contributed by atoms with Crippen LogP contribution in [0.5, 0.6) is 0 Å². The molecule has 3 rings (SSSR count). The standard InChI is InChI=1S/C8H7.C6H12.C6H6.C6H12.3C5H9.2C5H8.2C4H7.4C2H6.CH4.9Y/c1-2-8-6-4-3-5-7-8;2*1-2-4-6-5-3-1;1-3-5-6-4-2;5*1-4-5(2)3;2*1-3-4-2;4*1-2;;;;;;;;;;/h3-7H,1H2;1-6H2;1-6H;4H,1,3,5-6H2,2H3;3*5H,1H2,2-3H3;2*5H,1-2H2,3H3;2*1,4H2,2H3;4*1-2H3;1H4;;;;;;;;;/q-1;;;-2;3*-1;2*-2;2*-1;;;;;;;;;;;;;;. The van der Waals surface area contributed by atoms with E-state index in [9.17, 15) is 0 Å². The first-order chi connectivity index (χ1) is 32.0. The van der Waals surface area contributed by atoms with Crippen molar-refractivity contribution in [3.05, 3.63) is 201 Å². The molecular formula is C68H122Y9-12. The predicted molar refractivity (Wildman–Crippen MR) is 326 cm³/mol. The predicted octanol–water partition coefficient (Wildman–Crippen LogP) is 23.5. The van der Waals surface area contributed by atoms with Crippen LogP contribution in [0.15, 0.2) is 119 Å². The van der Waals surface area contributed by atoms with Crippen LogP contribution in [0, 0.1) is 105 Å². The van der Waals surface area contributed by atoms with E-state index in [4.69, 9.17) is 0 Å². The van der Waals surface area contributed by atoms with Gasteiger partial charge in [-0.15, -0.1) is 32.4 Å². The third-order valence-corrected chi connectivity index (χ3v) is 6.31. The minimum absolute atomic E-state index is 0. The number of hydrogen-bond acceptors (Lipinski definition) is 0. The fraction of sp³-hybridized carbons (Fsp3) is 0.529. The molecule has 2 aromatic carbocycles. The molecule has 0 amide bonds. The molecule has 0 N–H and O–H groups in total. The minimum atomic E-state index is 0. The van der Waals surface area contributed by atoms with E-state index >= 15 is 0 Å². The van der Waals surface area contributed by atoms with Crippen LogP contribution < -0.4 is 0 Å². The summed E-state index contributed by atoms with van der Waals surface area (Å²) in [5.74, 6) is 2.12. The number of rotatable bonds is 11. The van der Waals surface area contributed by atoms with Crippen molar-refractivity contribution in [2.24, 2.45) is 29.6 Å². The van der Waals surface area contributed by atoms with Gasteiger partial charge >= 0.3 is 0 Å². The number of hydrogen-bond donors (Lipinski definition) is 0. The van der Waals surface area contributed by atoms with Gasteiger partial charge in [0, 0.05) is 294 Å². The third kappa shape index (κ3) is 283. The van der Waals surface area contributed by atoms with E-state index in [1.54, 1.807) is 0 Å². The van der Waals surface area contributed by atoms with E-state index in [0.29, 0.717) is 17.8 Å². The molecule has 0 aromatic heterocycles. The molecule has 0 saturated heterocycles. The van der Waals surface area contributed by atoms with Crippen LogP contribution in [0.1, 0.15) is 215 Å². The van der Waals surface area contributed by atoms with Gasteiger partial charge in [0.25, 0.3) is 0 Å². The van der Waals surface area contributed by atoms with Gasteiger partial charge in [-0.3, -0.25) is 46.1 Å². The second kappa shape index (κ2) is 178. The molecule has 2 aromatic rings. The van der Waals surface area contributed by atoms with Crippen molar-refractivity contribution in [3.63, 3.8) is 0 Å². The maximum absolute atomic E-state index is 3.70. The van der Waals surface area contributed by atoms with E-state index in [1.165, 1.54) is 51.4 Å². The SMILES string of the molecule is C.C1CCCCC1.C=[C-]C(C)C.C=[C-]C(C)C.C=[C-]C(C)C.C=[C-]C([CH2-])C.C=[C-]C([CH2-])C.C=[C-]CC.C=[C-]CC.C=[C-]c1ccccc1.CC.CC.CC.CC.[CH2-]CCC[CH-]C.[Y].[Y].[Y].[Y].[Y].[Y].[Y].[Y].[Y].c1ccccc1. The largest absolute Gasteiger partial charge is 0.532 e. The van der Waals surface area contributed by atoms with Crippen molar-refractivity contribution in [3.8, 4) is 0 Å². The van der Waals surface area contributed by atoms with Crippen molar-refractivity contribution in [1.82, 2.24) is 0 Å². The Bertz CT molecular complexity index is 932. The van der Waals surface area contributed by atoms with Crippen molar-refractivity contribution in [1.29, 1.82) is 0 Å². The third-order valence-electron chi connectivity index (χ3n) is 6.31. The zero-order chi connectivity index (χ0) is 55.4. The smallest absolute Gasteiger partial charge is 0 e. The zero-order valence-corrected chi connectivity index (χ0v) is 79.6. The Morgan fingerprint density at radius 2 is 0.597 bits per heavy atom. The first kappa shape index (κ1) is 150. The Balaban J connectivity index is -0.0000000211. The summed E-state index contributed by atoms with van der Waals surface area (Å²) in [5, 5.41) is 0. The van der Waals surface area contributed by atoms with Crippen LogP contribution in [0.4, 0.5) is 0 Å². The van der Waals surface area contributed by atoms with Crippen LogP contribution in [0.3, 0.4) is 0 Å². The summed E-state index contributed by atoms with van der Waals surface area (Å²) < 4.78 is 0. The molecule has 77 heavy (non-hydrogen) atoms. The van der Waals surface area contributed by atoms with E-state index in [-0.39, 0.29) is 314 Å². The summed E-state index contributed by atoms with van der Waals surface area (Å²) in [7, 11) is 0. The van der Waals surface area contributed by atoms with Gasteiger partial charge in [-0.2, -0.15) is 80.7 Å². The molecule has 0 spiro atoms. The van der Waals surface area contributed by atoms with Gasteiger partial charge < -0.3 is 81.6 Å². The van der Waals surface area contributed by atoms with E-state index in [1.807, 2.05) is 191 Å². The molecule has 0 bridgehead atoms. The molecule has 1 saturated carbocycles. The molecule has 433 valence electrons. The number of unbranched alkanes of at least 4 members (excludes halogenated alkanes) is 3. The average molecular weight is 1740 g/mol. The molecule has 0 heterocycles. The molecule has 1 aliphatic rings. The Morgan fingerprint density at radius 1 is 0.429 bits per heavy atom. The van der Waals surface area contributed by atoms with Crippen molar-refractivity contribution < 1.29 is 294 Å². The Labute approximate surface area is 720 Å². The summed E-state index contributed by atoms with van der Waals surface area (Å²) in [6.45, 7) is 76.4. The van der Waals surface area contributed by atoms with E-state index in [0.717, 1.165) is 24.8 Å². The van der Waals surface area contributed by atoms with Gasteiger partial charge in [0.2, 0.25) is 0 Å². The van der Waals surface area contributed by atoms with Gasteiger partial charge in [-0.05, 0) is 0 Å². The van der Waals surface area contributed by atoms with Crippen LogP contribution >= 0.6 is 0 Å². The maximum atomic E-state index is 3.70. The minimum Gasteiger partial charge on any atom is -0.532 e. The topological polar surface area (TPSA) is 0 Å². The van der Waals surface area contributed by atoms with Crippen LogP contribution in [-0.4, -0.2) is 0 Å². The van der Waals surface area contributed by atoms with Gasteiger partial charge in [0.05, 0.1) is 0 Å². The second-order valence-corrected chi connectivity index (χ2v) is 13.7. The molecule has 9 radical (unpaired) electrons. The Morgan fingerprint density at radius 3 is 0.675 bits per heavy atom. The maximum Gasteiger partial charge on any atom is 0 e. The summed E-state index contributed by atoms with van der Waals surface area (Å²) in [4.78, 5) is 0. The first-order valence-corrected chi connectivity index (χ1v) is 25.5. The molecule has 0 nitrogen and oxygen atoms in total. The zero-order valence-electron chi connectivity index (χ0n) is 54.1. The molecule has 1 fully saturated rings. The quantitative estimate of drug-likeness (QED) is 0.155. The molecule has 2 atom stereocenters. The van der Waals surface area contributed by atoms with Crippen molar-refractivity contribution in [2.75, 3.05) is 0 Å². The first-order valence-electron chi connectivity index (χ1n) is 25.5. The van der Waals surface area contributed by atoms with Gasteiger partial charge in [0.1, 0.15) is 0 Å². The summed E-state index contributed by atoms with van der Waals surface area (Å²) in [6, 6.07) is 21.8. The van der Waals surface area contributed by atoms with Crippen molar-refractivity contribution >= 4 is 0 Å². The second-order valence-electron chi connectivity index (χ2n) is 13.7. The van der Waals surface area contributed by atoms with E-state index < -0.39 is 0 Å². The molecular weight excluding hydrogens is 1620 g/mol. The number of allylic oxidation sites excluding steroid dienone is 7. The Kier molecular flexibility index (Phi) is 347. The average Bonchev–Trinajstić information content (AvgIpc) is 3.40. The van der Waals surface area contributed by atoms with Crippen LogP contribution in [-0.2, 0) is 294 Å². The summed E-state index contributed by atoms with van der Waals surface area (Å²) >= 11 is 0. The summed E-state index contributed by atoms with van der Waals surface area (Å²) in [6.07, 6.45) is 38.4. The van der Waals surface area contributed by atoms with E-state index in [2.05, 4.69) is 135 Å². The molecule has 9 heteroatoms. The van der Waals surface area contributed by atoms with Gasteiger partial charge in [-0.25, -0.2) is 0 Å². The molecule has 2 unspecified atom stereocenters. The number of benzene rings is 2. The van der Waals surface area contributed by atoms with Gasteiger partial charge in [0.15, 0.2) is 0 Å². The fourth-order valence-electron chi connectivity index (χ4n) is 2.35.